The molecule has 3 N–H and O–H groups in total. The van der Waals surface area contributed by atoms with Crippen LogP contribution in [-0.4, -0.2) is 71.5 Å². The van der Waals surface area contributed by atoms with Gasteiger partial charge in [-0.05, 0) is 37.1 Å². The fourth-order valence-corrected chi connectivity index (χ4v) is 2.84. The molecule has 0 aromatic heterocycles. The molecule has 0 aliphatic carbocycles. The average Bonchev–Trinajstić information content (AvgIpc) is 2.36. The zero-order valence-electron chi connectivity index (χ0n) is 13.2. The summed E-state index contributed by atoms with van der Waals surface area (Å²) in [4.78, 5) is 16.0. The third-order valence-corrected chi connectivity index (χ3v) is 3.91. The van der Waals surface area contributed by atoms with E-state index in [2.05, 4.69) is 11.4 Å². The standard InChI is InChI=1S/C16H25N3O3/c1-12-7-13(2)9-14(8-12)17-16(22)19-10-15(11-19)18(3-5-20)4-6-21/h7-9,15,20-21H,3-6,10-11H2,1-2H3,(H,17,22). The van der Waals surface area contributed by atoms with E-state index in [9.17, 15) is 4.79 Å². The van der Waals surface area contributed by atoms with Gasteiger partial charge in [-0.15, -0.1) is 0 Å². The van der Waals surface area contributed by atoms with Crippen molar-refractivity contribution in [1.82, 2.24) is 9.80 Å². The Morgan fingerprint density at radius 2 is 1.73 bits per heavy atom. The summed E-state index contributed by atoms with van der Waals surface area (Å²) in [5.74, 6) is 0. The first-order valence-corrected chi connectivity index (χ1v) is 7.63. The minimum Gasteiger partial charge on any atom is -0.395 e. The lowest BCUT2D eigenvalue weighted by molar-refractivity contribution is 0.0393. The molecule has 1 aliphatic rings. The molecule has 1 aromatic carbocycles. The van der Waals surface area contributed by atoms with Crippen molar-refractivity contribution in [1.29, 1.82) is 0 Å². The molecule has 122 valence electrons. The Bertz CT molecular complexity index is 489. The van der Waals surface area contributed by atoms with Gasteiger partial charge in [0.05, 0.1) is 13.2 Å². The van der Waals surface area contributed by atoms with E-state index in [0.29, 0.717) is 26.2 Å². The molecule has 0 unspecified atom stereocenters. The number of carbonyl (C=O) groups excluding carboxylic acids is 1. The number of hydrogen-bond donors (Lipinski definition) is 3. The molecule has 1 aromatic rings. The van der Waals surface area contributed by atoms with Crippen molar-refractivity contribution in [3.8, 4) is 0 Å². The number of anilines is 1. The van der Waals surface area contributed by atoms with Gasteiger partial charge in [0.25, 0.3) is 0 Å². The molecule has 0 bridgehead atoms. The van der Waals surface area contributed by atoms with Crippen molar-refractivity contribution in [2.75, 3.05) is 44.7 Å². The number of aliphatic hydroxyl groups is 2. The molecular weight excluding hydrogens is 282 g/mol. The first-order valence-electron chi connectivity index (χ1n) is 7.63. The predicted octanol–water partition coefficient (Wildman–Crippen LogP) is 0.806. The monoisotopic (exact) mass is 307 g/mol. The van der Waals surface area contributed by atoms with Crippen LogP contribution in [0.15, 0.2) is 18.2 Å². The van der Waals surface area contributed by atoms with E-state index in [1.54, 1.807) is 4.90 Å². The quantitative estimate of drug-likeness (QED) is 0.727. The molecule has 1 fully saturated rings. The number of aliphatic hydroxyl groups excluding tert-OH is 2. The van der Waals surface area contributed by atoms with Crippen molar-refractivity contribution in [3.05, 3.63) is 29.3 Å². The zero-order valence-corrected chi connectivity index (χ0v) is 13.2. The van der Waals surface area contributed by atoms with Gasteiger partial charge in [0.15, 0.2) is 0 Å². The summed E-state index contributed by atoms with van der Waals surface area (Å²) in [6.45, 7) is 6.42. The van der Waals surface area contributed by atoms with Gasteiger partial charge in [-0.1, -0.05) is 6.07 Å². The van der Waals surface area contributed by atoms with Crippen LogP contribution < -0.4 is 5.32 Å². The van der Waals surface area contributed by atoms with Crippen molar-refractivity contribution in [3.63, 3.8) is 0 Å². The number of urea groups is 1. The van der Waals surface area contributed by atoms with Gasteiger partial charge < -0.3 is 20.4 Å². The number of aryl methyl sites for hydroxylation is 2. The lowest BCUT2D eigenvalue weighted by atomic mass is 10.1. The largest absolute Gasteiger partial charge is 0.395 e. The molecule has 0 atom stereocenters. The highest BCUT2D eigenvalue weighted by Crippen LogP contribution is 2.18. The number of rotatable bonds is 6. The number of benzene rings is 1. The van der Waals surface area contributed by atoms with E-state index in [4.69, 9.17) is 10.2 Å². The van der Waals surface area contributed by atoms with Crippen LogP contribution in [0.3, 0.4) is 0 Å². The SMILES string of the molecule is Cc1cc(C)cc(NC(=O)N2CC(N(CCO)CCO)C2)c1. The van der Waals surface area contributed by atoms with Crippen LogP contribution in [0.5, 0.6) is 0 Å². The van der Waals surface area contributed by atoms with Crippen LogP contribution in [0.4, 0.5) is 10.5 Å². The van der Waals surface area contributed by atoms with Crippen molar-refractivity contribution >= 4 is 11.7 Å². The third kappa shape index (κ3) is 4.19. The molecule has 2 amide bonds. The van der Waals surface area contributed by atoms with Gasteiger partial charge in [0.1, 0.15) is 0 Å². The average molecular weight is 307 g/mol. The molecular formula is C16H25N3O3. The van der Waals surface area contributed by atoms with Crippen molar-refractivity contribution in [2.45, 2.75) is 19.9 Å². The molecule has 0 spiro atoms. The van der Waals surface area contributed by atoms with Gasteiger partial charge in [0.2, 0.25) is 0 Å². The summed E-state index contributed by atoms with van der Waals surface area (Å²) in [7, 11) is 0. The lowest BCUT2D eigenvalue weighted by Crippen LogP contribution is -2.62. The molecule has 1 aliphatic heterocycles. The van der Waals surface area contributed by atoms with E-state index in [0.717, 1.165) is 16.8 Å². The Balaban J connectivity index is 1.85. The van der Waals surface area contributed by atoms with Crippen LogP contribution in [0.25, 0.3) is 0 Å². The number of nitrogens with one attached hydrogen (secondary N) is 1. The molecule has 0 radical (unpaired) electrons. The Labute approximate surface area is 131 Å². The predicted molar refractivity (Wildman–Crippen MR) is 86.0 cm³/mol. The summed E-state index contributed by atoms with van der Waals surface area (Å²) in [5, 5.41) is 21.0. The summed E-state index contributed by atoms with van der Waals surface area (Å²) >= 11 is 0. The summed E-state index contributed by atoms with van der Waals surface area (Å²) in [6.07, 6.45) is 0. The molecule has 22 heavy (non-hydrogen) atoms. The molecule has 2 rings (SSSR count). The lowest BCUT2D eigenvalue weighted by Gasteiger charge is -2.45. The van der Waals surface area contributed by atoms with Crippen molar-refractivity contribution < 1.29 is 15.0 Å². The van der Waals surface area contributed by atoms with E-state index >= 15 is 0 Å². The van der Waals surface area contributed by atoms with Gasteiger partial charge in [-0.25, -0.2) is 4.79 Å². The molecule has 6 nitrogen and oxygen atoms in total. The second kappa shape index (κ2) is 7.58. The Kier molecular flexibility index (Phi) is 5.76. The van der Waals surface area contributed by atoms with E-state index in [1.165, 1.54) is 0 Å². The molecule has 0 saturated carbocycles. The van der Waals surface area contributed by atoms with Gasteiger partial charge in [-0.2, -0.15) is 0 Å². The van der Waals surface area contributed by atoms with Crippen LogP contribution in [-0.2, 0) is 0 Å². The summed E-state index contributed by atoms with van der Waals surface area (Å²) in [5.41, 5.74) is 3.05. The second-order valence-corrected chi connectivity index (χ2v) is 5.85. The molecule has 6 heteroatoms. The van der Waals surface area contributed by atoms with Crippen LogP contribution in [0, 0.1) is 13.8 Å². The third-order valence-electron chi connectivity index (χ3n) is 3.91. The highest BCUT2D eigenvalue weighted by Gasteiger charge is 2.34. The zero-order chi connectivity index (χ0) is 16.1. The minimum atomic E-state index is -0.103. The number of carbonyl (C=O) groups is 1. The number of nitrogens with zero attached hydrogens (tertiary/aromatic N) is 2. The van der Waals surface area contributed by atoms with E-state index < -0.39 is 0 Å². The molecule has 1 heterocycles. The number of hydrogen-bond acceptors (Lipinski definition) is 4. The van der Waals surface area contributed by atoms with Crippen LogP contribution in [0.2, 0.25) is 0 Å². The maximum Gasteiger partial charge on any atom is 0.321 e. The van der Waals surface area contributed by atoms with E-state index in [1.807, 2.05) is 30.9 Å². The van der Waals surface area contributed by atoms with Gasteiger partial charge in [-0.3, -0.25) is 4.90 Å². The topological polar surface area (TPSA) is 76.0 Å². The highest BCUT2D eigenvalue weighted by atomic mass is 16.3. The maximum atomic E-state index is 12.2. The van der Waals surface area contributed by atoms with Crippen LogP contribution in [0.1, 0.15) is 11.1 Å². The minimum absolute atomic E-state index is 0.0608. The maximum absolute atomic E-state index is 12.2. The highest BCUT2D eigenvalue weighted by molar-refractivity contribution is 5.90. The Morgan fingerprint density at radius 3 is 2.23 bits per heavy atom. The summed E-state index contributed by atoms with van der Waals surface area (Å²) < 4.78 is 0. The van der Waals surface area contributed by atoms with Crippen LogP contribution >= 0.6 is 0 Å². The first kappa shape index (κ1) is 16.7. The molecule has 1 saturated heterocycles. The second-order valence-electron chi connectivity index (χ2n) is 5.85. The fourth-order valence-electron chi connectivity index (χ4n) is 2.84. The van der Waals surface area contributed by atoms with Gasteiger partial charge in [0, 0.05) is 37.9 Å². The summed E-state index contributed by atoms with van der Waals surface area (Å²) in [6, 6.07) is 6.08. The number of amides is 2. The number of likely N-dealkylation sites (tertiary alicyclic amines) is 1. The Hall–Kier alpha value is -1.63. The van der Waals surface area contributed by atoms with Gasteiger partial charge >= 0.3 is 6.03 Å². The smallest absolute Gasteiger partial charge is 0.321 e. The fraction of sp³-hybridized carbons (Fsp3) is 0.562. The van der Waals surface area contributed by atoms with Crippen molar-refractivity contribution in [2.24, 2.45) is 0 Å². The first-order chi connectivity index (χ1) is 10.5. The Morgan fingerprint density at radius 1 is 1.18 bits per heavy atom. The van der Waals surface area contributed by atoms with E-state index in [-0.39, 0.29) is 25.3 Å². The normalized spacial score (nSPS) is 15.0.